The van der Waals surface area contributed by atoms with E-state index in [1.807, 2.05) is 0 Å². The first-order chi connectivity index (χ1) is 12.5. The number of ketones is 1. The van der Waals surface area contributed by atoms with Crippen LogP contribution < -0.4 is 0 Å². The van der Waals surface area contributed by atoms with Gasteiger partial charge in [0.1, 0.15) is 5.82 Å². The molecular formula is C20H18F4N2O. The quantitative estimate of drug-likeness (QED) is 0.480. The summed E-state index contributed by atoms with van der Waals surface area (Å²) in [5.74, 6) is -2.42. The molecule has 0 radical (unpaired) electrons. The fourth-order valence-electron chi connectivity index (χ4n) is 3.83. The summed E-state index contributed by atoms with van der Waals surface area (Å²) in [4.78, 5) is 20.9. The van der Waals surface area contributed by atoms with Crippen LogP contribution in [0.25, 0.3) is 4.85 Å². The number of alkyl halides is 3. The summed E-state index contributed by atoms with van der Waals surface area (Å²) in [7, 11) is 0. The molecule has 1 aromatic carbocycles. The summed E-state index contributed by atoms with van der Waals surface area (Å²) in [6, 6.07) is 1.37. The van der Waals surface area contributed by atoms with Gasteiger partial charge in [0.15, 0.2) is 5.78 Å². The number of carbonyl (C=O) groups excluding carboxylic acids is 1. The minimum absolute atomic E-state index is 0.162. The Labute approximate surface area is 154 Å². The largest absolute Gasteiger partial charge is 0.416 e. The van der Waals surface area contributed by atoms with E-state index in [-0.39, 0.29) is 16.9 Å². The van der Waals surface area contributed by atoms with Crippen molar-refractivity contribution in [1.82, 2.24) is 0 Å². The molecule has 27 heavy (non-hydrogen) atoms. The van der Waals surface area contributed by atoms with Gasteiger partial charge in [-0.05, 0) is 37.5 Å². The van der Waals surface area contributed by atoms with Crippen LogP contribution in [0, 0.1) is 17.8 Å². The average molecular weight is 378 g/mol. The maximum atomic E-state index is 13.6. The topological polar surface area (TPSA) is 33.8 Å². The fraction of sp³-hybridized carbons (Fsp3) is 0.450. The maximum absolute atomic E-state index is 13.6. The van der Waals surface area contributed by atoms with Crippen LogP contribution in [0.3, 0.4) is 0 Å². The van der Waals surface area contributed by atoms with Crippen molar-refractivity contribution >= 4 is 11.5 Å². The molecule has 2 atom stereocenters. The lowest BCUT2D eigenvalue weighted by atomic mass is 9.66. The maximum Gasteiger partial charge on any atom is 0.416 e. The summed E-state index contributed by atoms with van der Waals surface area (Å²) in [6.07, 6.45) is -3.82. The van der Waals surface area contributed by atoms with E-state index >= 15 is 0 Å². The Morgan fingerprint density at radius 2 is 1.96 bits per heavy atom. The normalized spacial score (nSPS) is 25.0. The number of hydrogen-bond donors (Lipinski definition) is 0. The van der Waals surface area contributed by atoms with E-state index in [1.54, 1.807) is 20.8 Å². The van der Waals surface area contributed by atoms with Crippen LogP contribution in [0.2, 0.25) is 0 Å². The van der Waals surface area contributed by atoms with Gasteiger partial charge in [-0.1, -0.05) is 19.9 Å². The van der Waals surface area contributed by atoms with Crippen molar-refractivity contribution in [3.05, 3.63) is 57.8 Å². The van der Waals surface area contributed by atoms with Gasteiger partial charge in [0.25, 0.3) is 6.04 Å². The summed E-state index contributed by atoms with van der Waals surface area (Å²) >= 11 is 0. The van der Waals surface area contributed by atoms with Crippen LogP contribution in [0.4, 0.5) is 17.6 Å². The van der Waals surface area contributed by atoms with Crippen molar-refractivity contribution < 1.29 is 22.4 Å². The van der Waals surface area contributed by atoms with Gasteiger partial charge in [0.05, 0.1) is 17.2 Å². The number of nitrogens with zero attached hydrogens (tertiary/aromatic N) is 2. The molecule has 142 valence electrons. The third-order valence-electron chi connectivity index (χ3n) is 5.32. The highest BCUT2D eigenvalue weighted by Gasteiger charge is 2.50. The van der Waals surface area contributed by atoms with Gasteiger partial charge in [-0.2, -0.15) is 13.2 Å². The lowest BCUT2D eigenvalue weighted by molar-refractivity contribution is -0.138. The van der Waals surface area contributed by atoms with Gasteiger partial charge in [-0.15, -0.1) is 0 Å². The first-order valence-electron chi connectivity index (χ1n) is 8.53. The van der Waals surface area contributed by atoms with Crippen molar-refractivity contribution in [2.24, 2.45) is 10.4 Å². The second-order valence-electron chi connectivity index (χ2n) is 7.61. The summed E-state index contributed by atoms with van der Waals surface area (Å²) in [5.41, 5.74) is -1.17. The number of benzene rings is 1. The lowest BCUT2D eigenvalue weighted by Crippen LogP contribution is -2.40. The van der Waals surface area contributed by atoms with E-state index in [0.29, 0.717) is 30.3 Å². The smallest absolute Gasteiger partial charge is 0.306 e. The van der Waals surface area contributed by atoms with E-state index in [2.05, 4.69) is 9.84 Å². The second kappa shape index (κ2) is 6.29. The van der Waals surface area contributed by atoms with Crippen LogP contribution in [0.15, 0.2) is 34.5 Å². The van der Waals surface area contributed by atoms with E-state index in [1.165, 1.54) is 0 Å². The van der Waals surface area contributed by atoms with Crippen LogP contribution in [0.1, 0.15) is 50.7 Å². The minimum atomic E-state index is -4.81. The molecule has 3 rings (SSSR count). The Kier molecular flexibility index (Phi) is 4.49. The highest BCUT2D eigenvalue weighted by molar-refractivity contribution is 6.06. The van der Waals surface area contributed by atoms with Crippen LogP contribution in [-0.4, -0.2) is 17.5 Å². The van der Waals surface area contributed by atoms with Gasteiger partial charge in [0, 0.05) is 16.7 Å². The van der Waals surface area contributed by atoms with E-state index in [9.17, 15) is 22.4 Å². The first kappa shape index (κ1) is 19.3. The number of carbonyl (C=O) groups is 1. The Bertz CT molecular complexity index is 919. The Hall–Kier alpha value is -2.49. The fourth-order valence-corrected chi connectivity index (χ4v) is 3.83. The van der Waals surface area contributed by atoms with Crippen molar-refractivity contribution in [2.45, 2.75) is 51.7 Å². The number of hydrogen-bond acceptors (Lipinski definition) is 2. The first-order valence-corrected chi connectivity index (χ1v) is 8.53. The number of rotatable bonds is 1. The molecule has 0 N–H and O–H groups in total. The zero-order valence-corrected chi connectivity index (χ0v) is 15.1. The summed E-state index contributed by atoms with van der Waals surface area (Å²) < 4.78 is 54.4. The predicted octanol–water partition coefficient (Wildman–Crippen LogP) is 5.33. The summed E-state index contributed by atoms with van der Waals surface area (Å²) in [6.45, 7) is 12.6. The third-order valence-corrected chi connectivity index (χ3v) is 5.32. The monoisotopic (exact) mass is 378 g/mol. The zero-order valence-electron chi connectivity index (χ0n) is 15.1. The number of halogens is 4. The van der Waals surface area contributed by atoms with Crippen molar-refractivity contribution in [2.75, 3.05) is 0 Å². The molecule has 0 spiro atoms. The average Bonchev–Trinajstić information content (AvgIpc) is 2.57. The number of aliphatic imine (C=N–C) groups is 1. The lowest BCUT2D eigenvalue weighted by Gasteiger charge is -2.37. The SMILES string of the molecule is [C-]#[N+]C1C(C)=NC2=C(C(=O)C(C)(C)CC2)C1c1ccc(F)cc1C(F)(F)F. The molecule has 1 heterocycles. The highest BCUT2D eigenvalue weighted by atomic mass is 19.4. The molecule has 0 bridgehead atoms. The molecule has 3 nitrogen and oxygen atoms in total. The van der Waals surface area contributed by atoms with E-state index < -0.39 is 34.9 Å². The molecule has 0 saturated heterocycles. The van der Waals surface area contributed by atoms with Crippen molar-refractivity contribution in [1.29, 1.82) is 0 Å². The number of allylic oxidation sites excluding steroid dienone is 1. The Morgan fingerprint density at radius 1 is 1.30 bits per heavy atom. The molecule has 2 unspecified atom stereocenters. The van der Waals surface area contributed by atoms with E-state index in [0.717, 1.165) is 12.1 Å². The predicted molar refractivity (Wildman–Crippen MR) is 92.7 cm³/mol. The van der Waals surface area contributed by atoms with Crippen LogP contribution in [-0.2, 0) is 11.0 Å². The van der Waals surface area contributed by atoms with Gasteiger partial charge in [0.2, 0.25) is 0 Å². The molecule has 0 amide bonds. The van der Waals surface area contributed by atoms with Crippen molar-refractivity contribution in [3.63, 3.8) is 0 Å². The number of Topliss-reactive ketones (excluding diaryl/α,β-unsaturated/α-hetero) is 1. The van der Waals surface area contributed by atoms with Gasteiger partial charge in [-0.3, -0.25) is 9.79 Å². The standard InChI is InChI=1S/C20H18F4N2O/c1-10-17(25-4)15(12-6-5-11(21)9-13(12)20(22,23)24)16-14(26-10)7-8-19(2,3)18(16)27/h5-6,9,15,17H,7-8H2,1-3H3. The minimum Gasteiger partial charge on any atom is -0.306 e. The van der Waals surface area contributed by atoms with Crippen LogP contribution >= 0.6 is 0 Å². The zero-order chi connectivity index (χ0) is 20.1. The van der Waals surface area contributed by atoms with E-state index in [4.69, 9.17) is 6.57 Å². The molecule has 1 aromatic rings. The molecule has 7 heteroatoms. The molecule has 2 aliphatic rings. The Morgan fingerprint density at radius 3 is 2.56 bits per heavy atom. The third kappa shape index (κ3) is 3.18. The second-order valence-corrected chi connectivity index (χ2v) is 7.61. The van der Waals surface area contributed by atoms with Gasteiger partial charge >= 0.3 is 6.18 Å². The summed E-state index contributed by atoms with van der Waals surface area (Å²) in [5, 5.41) is 0. The molecule has 1 aliphatic carbocycles. The van der Waals surface area contributed by atoms with Gasteiger partial charge in [-0.25, -0.2) is 11.0 Å². The van der Waals surface area contributed by atoms with Crippen molar-refractivity contribution in [3.8, 4) is 0 Å². The highest BCUT2D eigenvalue weighted by Crippen LogP contribution is 2.48. The molecular weight excluding hydrogens is 360 g/mol. The molecule has 0 saturated carbocycles. The molecule has 0 fully saturated rings. The van der Waals surface area contributed by atoms with Crippen LogP contribution in [0.5, 0.6) is 0 Å². The molecule has 1 aliphatic heterocycles. The Balaban J connectivity index is 2.30. The molecule has 0 aromatic heterocycles. The van der Waals surface area contributed by atoms with Gasteiger partial charge < -0.3 is 4.85 Å².